The molecule has 0 aliphatic carbocycles. The van der Waals surface area contributed by atoms with Crippen LogP contribution in [0.1, 0.15) is 19.8 Å². The molecule has 2 amide bonds. The van der Waals surface area contributed by atoms with Gasteiger partial charge in [0.1, 0.15) is 18.3 Å². The standard InChI is InChI=1S/C27H37N5O5S/c1-4-15-36-27(35)20(18-28)16-25-32(5-2)26(34)23(38-25)9-10-29-21-7-6-8-22(17-21)37-19-24(33)31-13-11-30(3)12-14-31/h4,6-8,17,20,23,25,29H,1,5,9-16,19H2,2-3H3. The zero-order valence-electron chi connectivity index (χ0n) is 22.1. The number of nitriles is 1. The lowest BCUT2D eigenvalue weighted by Crippen LogP contribution is -2.48. The van der Waals surface area contributed by atoms with E-state index in [4.69, 9.17) is 9.47 Å². The molecule has 0 saturated carbocycles. The second-order valence-corrected chi connectivity index (χ2v) is 10.6. The molecular weight excluding hydrogens is 506 g/mol. The van der Waals surface area contributed by atoms with Crippen LogP contribution < -0.4 is 10.1 Å². The summed E-state index contributed by atoms with van der Waals surface area (Å²) >= 11 is 1.49. The summed E-state index contributed by atoms with van der Waals surface area (Å²) < 4.78 is 10.8. The number of ether oxygens (including phenoxy) is 2. The molecule has 206 valence electrons. The zero-order valence-corrected chi connectivity index (χ0v) is 23.0. The zero-order chi connectivity index (χ0) is 27.5. The molecule has 38 heavy (non-hydrogen) atoms. The third kappa shape index (κ3) is 8.13. The minimum atomic E-state index is -0.933. The summed E-state index contributed by atoms with van der Waals surface area (Å²) in [6.07, 6.45) is 2.27. The van der Waals surface area contributed by atoms with Crippen LogP contribution in [-0.2, 0) is 19.1 Å². The number of amides is 2. The fraction of sp³-hybridized carbons (Fsp3) is 0.556. The van der Waals surface area contributed by atoms with Gasteiger partial charge < -0.3 is 29.5 Å². The highest BCUT2D eigenvalue weighted by atomic mass is 32.2. The lowest BCUT2D eigenvalue weighted by molar-refractivity contribution is -0.146. The first kappa shape index (κ1) is 29.3. The number of likely N-dealkylation sites (N-methyl/N-ethyl adjacent to an activating group) is 1. The Bertz CT molecular complexity index is 1020. The van der Waals surface area contributed by atoms with Gasteiger partial charge in [0.15, 0.2) is 6.61 Å². The van der Waals surface area contributed by atoms with Crippen LogP contribution >= 0.6 is 11.8 Å². The Labute approximate surface area is 228 Å². The third-order valence-corrected chi connectivity index (χ3v) is 8.10. The van der Waals surface area contributed by atoms with E-state index in [1.54, 1.807) is 4.90 Å². The first-order valence-electron chi connectivity index (χ1n) is 12.9. The average Bonchev–Trinajstić information content (AvgIpc) is 3.23. The van der Waals surface area contributed by atoms with Gasteiger partial charge in [-0.2, -0.15) is 5.26 Å². The van der Waals surface area contributed by atoms with Gasteiger partial charge in [-0.15, -0.1) is 11.8 Å². The van der Waals surface area contributed by atoms with E-state index < -0.39 is 11.9 Å². The molecule has 2 heterocycles. The van der Waals surface area contributed by atoms with E-state index in [9.17, 15) is 19.6 Å². The van der Waals surface area contributed by atoms with Gasteiger partial charge in [-0.05, 0) is 32.5 Å². The molecule has 2 fully saturated rings. The Balaban J connectivity index is 1.47. The first-order chi connectivity index (χ1) is 18.4. The average molecular weight is 544 g/mol. The molecule has 2 saturated heterocycles. The number of nitrogens with zero attached hydrogens (tertiary/aromatic N) is 4. The minimum absolute atomic E-state index is 0.000548. The van der Waals surface area contributed by atoms with Crippen LogP contribution in [0.25, 0.3) is 0 Å². The second-order valence-electron chi connectivity index (χ2n) is 9.26. The van der Waals surface area contributed by atoms with Crippen molar-refractivity contribution in [2.24, 2.45) is 5.92 Å². The number of benzene rings is 1. The van der Waals surface area contributed by atoms with E-state index in [1.807, 2.05) is 49.2 Å². The first-order valence-corrected chi connectivity index (χ1v) is 13.9. The molecule has 1 N–H and O–H groups in total. The Hall–Kier alpha value is -3.23. The fourth-order valence-corrected chi connectivity index (χ4v) is 5.95. The number of hydrogen-bond acceptors (Lipinski definition) is 9. The molecule has 3 rings (SSSR count). The number of carbonyl (C=O) groups is 3. The highest BCUT2D eigenvalue weighted by molar-refractivity contribution is 8.01. The van der Waals surface area contributed by atoms with Crippen LogP contribution in [0, 0.1) is 17.2 Å². The lowest BCUT2D eigenvalue weighted by atomic mass is 10.1. The van der Waals surface area contributed by atoms with Gasteiger partial charge >= 0.3 is 5.97 Å². The molecule has 0 radical (unpaired) electrons. The number of hydrogen-bond donors (Lipinski definition) is 1. The van der Waals surface area contributed by atoms with E-state index in [0.717, 1.165) is 18.8 Å². The third-order valence-electron chi connectivity index (χ3n) is 6.58. The second kappa shape index (κ2) is 14.6. The minimum Gasteiger partial charge on any atom is -0.484 e. The molecule has 2 aliphatic rings. The number of esters is 1. The fourth-order valence-electron chi connectivity index (χ4n) is 4.36. The number of rotatable bonds is 13. The molecule has 11 heteroatoms. The maximum Gasteiger partial charge on any atom is 0.323 e. The molecule has 10 nitrogen and oxygen atoms in total. The van der Waals surface area contributed by atoms with Gasteiger partial charge in [0.2, 0.25) is 5.91 Å². The van der Waals surface area contributed by atoms with Crippen molar-refractivity contribution in [3.05, 3.63) is 36.9 Å². The van der Waals surface area contributed by atoms with Gasteiger partial charge in [0, 0.05) is 57.4 Å². The van der Waals surface area contributed by atoms with Crippen LogP contribution in [0.4, 0.5) is 5.69 Å². The molecule has 2 aliphatic heterocycles. The van der Waals surface area contributed by atoms with Crippen molar-refractivity contribution >= 4 is 35.2 Å². The maximum absolute atomic E-state index is 13.0. The summed E-state index contributed by atoms with van der Waals surface area (Å²) in [6.45, 7) is 9.68. The largest absolute Gasteiger partial charge is 0.484 e. The topological polar surface area (TPSA) is 115 Å². The van der Waals surface area contributed by atoms with Crippen molar-refractivity contribution in [2.75, 3.05) is 64.8 Å². The Morgan fingerprint density at radius 3 is 2.76 bits per heavy atom. The van der Waals surface area contributed by atoms with E-state index in [-0.39, 0.29) is 42.1 Å². The lowest BCUT2D eigenvalue weighted by Gasteiger charge is -2.32. The van der Waals surface area contributed by atoms with Crippen LogP contribution in [0.2, 0.25) is 0 Å². The Morgan fingerprint density at radius 2 is 2.08 bits per heavy atom. The summed E-state index contributed by atoms with van der Waals surface area (Å²) in [5, 5.41) is 12.3. The number of carbonyl (C=O) groups excluding carboxylic acids is 3. The van der Waals surface area contributed by atoms with E-state index in [1.165, 1.54) is 17.8 Å². The summed E-state index contributed by atoms with van der Waals surface area (Å²) in [6, 6.07) is 9.43. The van der Waals surface area contributed by atoms with Crippen molar-refractivity contribution in [1.82, 2.24) is 14.7 Å². The molecule has 3 atom stereocenters. The number of thioether (sulfide) groups is 1. The van der Waals surface area contributed by atoms with Gasteiger partial charge in [-0.3, -0.25) is 14.4 Å². The van der Waals surface area contributed by atoms with Crippen LogP contribution in [0.15, 0.2) is 36.9 Å². The predicted molar refractivity (Wildman–Crippen MR) is 147 cm³/mol. The highest BCUT2D eigenvalue weighted by Gasteiger charge is 2.41. The van der Waals surface area contributed by atoms with Crippen LogP contribution in [-0.4, -0.2) is 103 Å². The highest BCUT2D eigenvalue weighted by Crippen LogP contribution is 2.37. The molecule has 0 bridgehead atoms. The number of piperazine rings is 1. The molecular formula is C27H37N5O5S. The summed E-state index contributed by atoms with van der Waals surface area (Å²) in [4.78, 5) is 43.3. The Morgan fingerprint density at radius 1 is 1.32 bits per heavy atom. The van der Waals surface area contributed by atoms with Crippen molar-refractivity contribution < 1.29 is 23.9 Å². The van der Waals surface area contributed by atoms with Gasteiger partial charge in [0.05, 0.1) is 16.7 Å². The molecule has 1 aromatic rings. The van der Waals surface area contributed by atoms with Crippen molar-refractivity contribution in [2.45, 2.75) is 30.4 Å². The maximum atomic E-state index is 13.0. The van der Waals surface area contributed by atoms with Crippen molar-refractivity contribution in [3.8, 4) is 11.8 Å². The summed E-state index contributed by atoms with van der Waals surface area (Å²) in [7, 11) is 2.05. The normalized spacial score (nSPS) is 20.5. The van der Waals surface area contributed by atoms with E-state index in [0.29, 0.717) is 38.3 Å². The number of nitrogens with one attached hydrogen (secondary N) is 1. The van der Waals surface area contributed by atoms with Crippen LogP contribution in [0.3, 0.4) is 0 Å². The molecule has 0 spiro atoms. The van der Waals surface area contributed by atoms with Gasteiger partial charge in [-0.1, -0.05) is 18.7 Å². The molecule has 3 unspecified atom stereocenters. The van der Waals surface area contributed by atoms with E-state index >= 15 is 0 Å². The quantitative estimate of drug-likeness (QED) is 0.295. The van der Waals surface area contributed by atoms with E-state index in [2.05, 4.69) is 16.8 Å². The predicted octanol–water partition coefficient (Wildman–Crippen LogP) is 2.19. The summed E-state index contributed by atoms with van der Waals surface area (Å²) in [5.41, 5.74) is 0.836. The van der Waals surface area contributed by atoms with Crippen molar-refractivity contribution in [3.63, 3.8) is 0 Å². The molecule has 0 aromatic heterocycles. The SMILES string of the molecule is C=CCOC(=O)C(C#N)CC1SC(CCNc2cccc(OCC(=O)N3CCN(C)CC3)c2)C(=O)N1CC. The van der Waals surface area contributed by atoms with Crippen LogP contribution in [0.5, 0.6) is 5.75 Å². The van der Waals surface area contributed by atoms with Gasteiger partial charge in [0.25, 0.3) is 5.91 Å². The monoisotopic (exact) mass is 543 g/mol. The molecule has 1 aromatic carbocycles. The van der Waals surface area contributed by atoms with Crippen molar-refractivity contribution in [1.29, 1.82) is 5.26 Å². The van der Waals surface area contributed by atoms with Gasteiger partial charge in [-0.25, -0.2) is 0 Å². The number of anilines is 1. The smallest absolute Gasteiger partial charge is 0.323 e. The Kier molecular flexibility index (Phi) is 11.3. The summed E-state index contributed by atoms with van der Waals surface area (Å²) in [5.74, 6) is -0.922.